The molecule has 1 rings (SSSR count). The van der Waals surface area contributed by atoms with Crippen LogP contribution in [0.15, 0.2) is 17.5 Å². The first-order chi connectivity index (χ1) is 8.37. The van der Waals surface area contributed by atoms with E-state index in [4.69, 9.17) is 0 Å². The standard InChI is InChI=1S/C13H20F3NS/c1-10(5-3-7-13(14,15)16)17-11(2)9-12-6-4-8-18-12/h4,6,8,10-11,17H,3,5,7,9H2,1-2H3. The van der Waals surface area contributed by atoms with Gasteiger partial charge in [-0.25, -0.2) is 0 Å². The lowest BCUT2D eigenvalue weighted by atomic mass is 10.1. The van der Waals surface area contributed by atoms with Crippen LogP contribution in [0.25, 0.3) is 0 Å². The molecule has 0 aromatic carbocycles. The van der Waals surface area contributed by atoms with E-state index in [1.54, 1.807) is 11.3 Å². The molecule has 0 bridgehead atoms. The third kappa shape index (κ3) is 7.01. The molecule has 1 heterocycles. The molecular formula is C13H20F3NS. The van der Waals surface area contributed by atoms with Crippen molar-refractivity contribution in [1.29, 1.82) is 0 Å². The van der Waals surface area contributed by atoms with Gasteiger partial charge in [-0.2, -0.15) is 13.2 Å². The molecule has 0 aliphatic heterocycles. The molecule has 104 valence electrons. The molecule has 2 unspecified atom stereocenters. The molecule has 0 aliphatic rings. The van der Waals surface area contributed by atoms with Gasteiger partial charge in [0, 0.05) is 23.4 Å². The van der Waals surface area contributed by atoms with Crippen LogP contribution in [-0.4, -0.2) is 18.3 Å². The van der Waals surface area contributed by atoms with Crippen LogP contribution in [0.2, 0.25) is 0 Å². The number of hydrogen-bond acceptors (Lipinski definition) is 2. The molecule has 1 aromatic heterocycles. The van der Waals surface area contributed by atoms with Crippen LogP contribution in [0.5, 0.6) is 0 Å². The molecule has 0 amide bonds. The number of halogens is 3. The van der Waals surface area contributed by atoms with Crippen LogP contribution >= 0.6 is 11.3 Å². The fourth-order valence-corrected chi connectivity index (χ4v) is 2.80. The molecule has 0 aliphatic carbocycles. The van der Waals surface area contributed by atoms with Crippen LogP contribution in [0, 0.1) is 0 Å². The van der Waals surface area contributed by atoms with Crippen molar-refractivity contribution < 1.29 is 13.2 Å². The zero-order valence-corrected chi connectivity index (χ0v) is 11.6. The number of nitrogens with one attached hydrogen (secondary N) is 1. The lowest BCUT2D eigenvalue weighted by Gasteiger charge is -2.19. The third-order valence-corrected chi connectivity index (χ3v) is 3.65. The van der Waals surface area contributed by atoms with Gasteiger partial charge < -0.3 is 5.32 Å². The largest absolute Gasteiger partial charge is 0.389 e. The number of alkyl halides is 3. The minimum Gasteiger partial charge on any atom is -0.311 e. The molecule has 1 N–H and O–H groups in total. The second kappa shape index (κ2) is 7.14. The summed E-state index contributed by atoms with van der Waals surface area (Å²) in [4.78, 5) is 1.30. The van der Waals surface area contributed by atoms with Gasteiger partial charge in [0.05, 0.1) is 0 Å². The molecule has 2 atom stereocenters. The minimum atomic E-state index is -4.03. The molecule has 0 saturated heterocycles. The van der Waals surface area contributed by atoms with Gasteiger partial charge in [0.15, 0.2) is 0 Å². The highest BCUT2D eigenvalue weighted by atomic mass is 32.1. The van der Waals surface area contributed by atoms with E-state index in [1.165, 1.54) is 4.88 Å². The number of thiophene rings is 1. The van der Waals surface area contributed by atoms with Crippen molar-refractivity contribution in [2.24, 2.45) is 0 Å². The third-order valence-electron chi connectivity index (χ3n) is 2.75. The molecule has 1 aromatic rings. The first kappa shape index (κ1) is 15.5. The van der Waals surface area contributed by atoms with Crippen LogP contribution < -0.4 is 5.32 Å². The van der Waals surface area contributed by atoms with Gasteiger partial charge in [-0.15, -0.1) is 11.3 Å². The lowest BCUT2D eigenvalue weighted by Crippen LogP contribution is -2.35. The summed E-state index contributed by atoms with van der Waals surface area (Å²) in [7, 11) is 0. The van der Waals surface area contributed by atoms with E-state index in [1.807, 2.05) is 18.4 Å². The highest BCUT2D eigenvalue weighted by Crippen LogP contribution is 2.22. The molecule has 0 saturated carbocycles. The fourth-order valence-electron chi connectivity index (χ4n) is 1.97. The molecule has 0 radical (unpaired) electrons. The fraction of sp³-hybridized carbons (Fsp3) is 0.692. The van der Waals surface area contributed by atoms with E-state index < -0.39 is 12.6 Å². The summed E-state index contributed by atoms with van der Waals surface area (Å²) in [6.45, 7) is 4.02. The Morgan fingerprint density at radius 3 is 2.56 bits per heavy atom. The van der Waals surface area contributed by atoms with Crippen molar-refractivity contribution in [1.82, 2.24) is 5.32 Å². The van der Waals surface area contributed by atoms with Gasteiger partial charge in [0.2, 0.25) is 0 Å². The summed E-state index contributed by atoms with van der Waals surface area (Å²) in [5, 5.41) is 5.38. The van der Waals surface area contributed by atoms with Crippen molar-refractivity contribution in [3.63, 3.8) is 0 Å². The second-order valence-corrected chi connectivity index (χ2v) is 5.79. The number of hydrogen-bond donors (Lipinski definition) is 1. The van der Waals surface area contributed by atoms with E-state index in [0.29, 0.717) is 12.5 Å². The minimum absolute atomic E-state index is 0.127. The van der Waals surface area contributed by atoms with E-state index in [-0.39, 0.29) is 12.5 Å². The van der Waals surface area contributed by atoms with Crippen LogP contribution in [0.1, 0.15) is 38.0 Å². The Balaban J connectivity index is 2.17. The average Bonchev–Trinajstić information content (AvgIpc) is 2.67. The second-order valence-electron chi connectivity index (χ2n) is 4.76. The van der Waals surface area contributed by atoms with Gasteiger partial charge in [-0.3, -0.25) is 0 Å². The molecular weight excluding hydrogens is 259 g/mol. The van der Waals surface area contributed by atoms with Crippen LogP contribution in [-0.2, 0) is 6.42 Å². The summed E-state index contributed by atoms with van der Waals surface area (Å²) in [5.41, 5.74) is 0. The first-order valence-corrected chi connectivity index (χ1v) is 7.10. The molecule has 5 heteroatoms. The highest BCUT2D eigenvalue weighted by molar-refractivity contribution is 7.09. The molecule has 18 heavy (non-hydrogen) atoms. The Bertz CT molecular complexity index is 321. The van der Waals surface area contributed by atoms with Crippen molar-refractivity contribution in [2.75, 3.05) is 0 Å². The van der Waals surface area contributed by atoms with E-state index >= 15 is 0 Å². The van der Waals surface area contributed by atoms with Crippen molar-refractivity contribution in [3.8, 4) is 0 Å². The number of rotatable bonds is 7. The van der Waals surface area contributed by atoms with Gasteiger partial charge in [0.25, 0.3) is 0 Å². The predicted octanol–water partition coefficient (Wildman–Crippen LogP) is 4.39. The van der Waals surface area contributed by atoms with E-state index in [9.17, 15) is 13.2 Å². The maximum absolute atomic E-state index is 12.0. The summed E-state index contributed by atoms with van der Waals surface area (Å²) < 4.78 is 36.0. The summed E-state index contributed by atoms with van der Waals surface area (Å²) in [6, 6.07) is 4.52. The van der Waals surface area contributed by atoms with Gasteiger partial charge in [-0.05, 0) is 44.6 Å². The van der Waals surface area contributed by atoms with E-state index in [0.717, 1.165) is 6.42 Å². The lowest BCUT2D eigenvalue weighted by molar-refractivity contribution is -0.135. The quantitative estimate of drug-likeness (QED) is 0.780. The zero-order chi connectivity index (χ0) is 13.6. The van der Waals surface area contributed by atoms with Crippen molar-refractivity contribution in [2.45, 2.75) is 57.8 Å². The summed E-state index contributed by atoms with van der Waals surface area (Å²) >= 11 is 1.71. The maximum Gasteiger partial charge on any atom is 0.389 e. The van der Waals surface area contributed by atoms with E-state index in [2.05, 4.69) is 18.3 Å². The Morgan fingerprint density at radius 1 is 1.28 bits per heavy atom. The first-order valence-electron chi connectivity index (χ1n) is 6.22. The Kier molecular flexibility index (Phi) is 6.15. The molecule has 0 spiro atoms. The molecule has 0 fully saturated rings. The SMILES string of the molecule is CC(CCCC(F)(F)F)NC(C)Cc1cccs1. The summed E-state index contributed by atoms with van der Waals surface area (Å²) in [6.07, 6.45) is -3.01. The highest BCUT2D eigenvalue weighted by Gasteiger charge is 2.26. The van der Waals surface area contributed by atoms with Crippen molar-refractivity contribution >= 4 is 11.3 Å². The Labute approximate surface area is 110 Å². The maximum atomic E-state index is 12.0. The van der Waals surface area contributed by atoms with Crippen LogP contribution in [0.3, 0.4) is 0 Å². The zero-order valence-electron chi connectivity index (χ0n) is 10.8. The Hall–Kier alpha value is -0.550. The topological polar surface area (TPSA) is 12.0 Å². The average molecular weight is 279 g/mol. The Morgan fingerprint density at radius 2 is 2.00 bits per heavy atom. The predicted molar refractivity (Wildman–Crippen MR) is 70.0 cm³/mol. The van der Waals surface area contributed by atoms with Gasteiger partial charge in [0.1, 0.15) is 0 Å². The molecule has 1 nitrogen and oxygen atoms in total. The smallest absolute Gasteiger partial charge is 0.311 e. The van der Waals surface area contributed by atoms with Gasteiger partial charge >= 0.3 is 6.18 Å². The normalized spacial score (nSPS) is 15.6. The summed E-state index contributed by atoms with van der Waals surface area (Å²) in [5.74, 6) is 0. The monoisotopic (exact) mass is 279 g/mol. The van der Waals surface area contributed by atoms with Gasteiger partial charge in [-0.1, -0.05) is 6.07 Å². The van der Waals surface area contributed by atoms with Crippen LogP contribution in [0.4, 0.5) is 13.2 Å². The van der Waals surface area contributed by atoms with Crippen molar-refractivity contribution in [3.05, 3.63) is 22.4 Å².